The minimum absolute atomic E-state index is 0.107. The fourth-order valence-electron chi connectivity index (χ4n) is 4.78. The first-order valence-electron chi connectivity index (χ1n) is 9.59. The number of thioether (sulfide) groups is 2. The molecule has 0 saturated heterocycles. The van der Waals surface area contributed by atoms with Gasteiger partial charge in [0.15, 0.2) is 0 Å². The maximum atomic E-state index is 15.0. The van der Waals surface area contributed by atoms with Crippen LogP contribution >= 0.6 is 35.1 Å². The van der Waals surface area contributed by atoms with Crippen molar-refractivity contribution in [2.45, 2.75) is 33.2 Å². The molecule has 2 aliphatic heterocycles. The van der Waals surface area contributed by atoms with Gasteiger partial charge in [-0.25, -0.2) is 0 Å². The van der Waals surface area contributed by atoms with Gasteiger partial charge in [0.05, 0.1) is 10.5 Å². The number of hydrogen-bond acceptors (Lipinski definition) is 2. The number of halogens is 7. The number of benzene rings is 2. The molecule has 1 fully saturated rings. The van der Waals surface area contributed by atoms with E-state index < -0.39 is 39.4 Å². The third-order valence-electron chi connectivity index (χ3n) is 6.17. The quantitative estimate of drug-likeness (QED) is 0.364. The van der Waals surface area contributed by atoms with Crippen molar-refractivity contribution in [2.24, 2.45) is 0 Å². The zero-order valence-corrected chi connectivity index (χ0v) is 18.2. The summed E-state index contributed by atoms with van der Waals surface area (Å²) < 4.78 is 89.2. The first-order valence-corrected chi connectivity index (χ1v) is 11.7. The van der Waals surface area contributed by atoms with E-state index in [9.17, 15) is 8.78 Å². The van der Waals surface area contributed by atoms with E-state index in [1.165, 1.54) is 35.7 Å². The largest absolute Gasteiger partial charge is 0.380 e. The lowest BCUT2D eigenvalue weighted by atomic mass is 9.82. The van der Waals surface area contributed by atoms with Crippen LogP contribution in [0.25, 0.3) is 10.5 Å². The van der Waals surface area contributed by atoms with Crippen molar-refractivity contribution in [3.63, 3.8) is 0 Å². The first kappa shape index (κ1) is 20.8. The van der Waals surface area contributed by atoms with Gasteiger partial charge < -0.3 is 0 Å². The van der Waals surface area contributed by atoms with Gasteiger partial charge in [-0.15, -0.1) is 23.5 Å². The number of rotatable bonds is 1. The van der Waals surface area contributed by atoms with Crippen molar-refractivity contribution in [3.05, 3.63) is 87.5 Å². The average molecular weight is 501 g/mol. The summed E-state index contributed by atoms with van der Waals surface area (Å²) in [5.41, 5.74) is -1.77. The highest BCUT2D eigenvalue weighted by molar-refractivity contribution is 8.11. The van der Waals surface area contributed by atoms with E-state index in [1.807, 2.05) is 0 Å². The van der Waals surface area contributed by atoms with Crippen LogP contribution < -0.4 is 0 Å². The number of fused-ring (bicyclic) bond motifs is 6. The molecule has 0 aromatic heterocycles. The standard InChI is InChI=1S/C23H11ClF6S2/c24-11-5-3-4-10(8-11)15-9-13-17-18(22(27,28)23(29,30)21(17,25)26)16-12-6-1-2-7-14(12)31-20(16)19(13)32-15/h1-9,19-20H. The van der Waals surface area contributed by atoms with Crippen LogP contribution in [0.3, 0.4) is 0 Å². The lowest BCUT2D eigenvalue weighted by molar-refractivity contribution is -0.257. The molecule has 2 atom stereocenters. The highest BCUT2D eigenvalue weighted by Gasteiger charge is 2.83. The minimum atomic E-state index is -5.52. The van der Waals surface area contributed by atoms with Crippen LogP contribution in [0.4, 0.5) is 26.3 Å². The van der Waals surface area contributed by atoms with Gasteiger partial charge in [-0.2, -0.15) is 26.3 Å². The second-order valence-electron chi connectivity index (χ2n) is 7.93. The Morgan fingerprint density at radius 3 is 2.25 bits per heavy atom. The maximum Gasteiger partial charge on any atom is 0.380 e. The van der Waals surface area contributed by atoms with Gasteiger partial charge >= 0.3 is 17.8 Å². The SMILES string of the molecule is FC1(F)C2=C3C=C(c4cccc(Cl)c4)SC3C3Sc4ccccc4C3=C2C(F)(F)C1(F)F. The molecule has 1 saturated carbocycles. The van der Waals surface area contributed by atoms with Gasteiger partial charge in [0.1, 0.15) is 0 Å². The molecular weight excluding hydrogens is 490 g/mol. The van der Waals surface area contributed by atoms with Crippen molar-refractivity contribution < 1.29 is 26.3 Å². The lowest BCUT2D eigenvalue weighted by Gasteiger charge is -2.30. The van der Waals surface area contributed by atoms with Crippen molar-refractivity contribution in [1.29, 1.82) is 0 Å². The topological polar surface area (TPSA) is 0 Å². The molecule has 0 bridgehead atoms. The van der Waals surface area contributed by atoms with E-state index >= 15 is 17.6 Å². The van der Waals surface area contributed by atoms with Crippen LogP contribution in [0, 0.1) is 0 Å². The van der Waals surface area contributed by atoms with E-state index in [-0.39, 0.29) is 11.1 Å². The summed E-state index contributed by atoms with van der Waals surface area (Å²) in [7, 11) is 0. The summed E-state index contributed by atoms with van der Waals surface area (Å²) in [6, 6.07) is 13.2. The highest BCUT2D eigenvalue weighted by Crippen LogP contribution is 2.70. The van der Waals surface area contributed by atoms with Gasteiger partial charge in [-0.3, -0.25) is 0 Å². The molecule has 6 rings (SSSR count). The Kier molecular flexibility index (Phi) is 4.18. The normalized spacial score (nSPS) is 28.3. The maximum absolute atomic E-state index is 15.0. The Hall–Kier alpha value is -1.77. The zero-order chi connectivity index (χ0) is 22.6. The molecule has 0 spiro atoms. The molecule has 2 heterocycles. The van der Waals surface area contributed by atoms with Crippen LogP contribution in [0.15, 0.2) is 76.2 Å². The van der Waals surface area contributed by atoms with E-state index in [4.69, 9.17) is 11.6 Å². The Morgan fingerprint density at radius 1 is 0.781 bits per heavy atom. The molecule has 32 heavy (non-hydrogen) atoms. The summed E-state index contributed by atoms with van der Waals surface area (Å²) in [5.74, 6) is -15.5. The van der Waals surface area contributed by atoms with Crippen LogP contribution in [-0.4, -0.2) is 28.3 Å². The summed E-state index contributed by atoms with van der Waals surface area (Å²) in [6.45, 7) is 0. The molecule has 0 nitrogen and oxygen atoms in total. The number of allylic oxidation sites excluding steroid dienone is 3. The number of alkyl halides is 6. The first-order chi connectivity index (χ1) is 15.1. The van der Waals surface area contributed by atoms with Crippen LogP contribution in [-0.2, 0) is 0 Å². The smallest absolute Gasteiger partial charge is 0.194 e. The van der Waals surface area contributed by atoms with Gasteiger partial charge in [0, 0.05) is 26.0 Å². The minimum Gasteiger partial charge on any atom is -0.194 e. The van der Waals surface area contributed by atoms with Crippen LogP contribution in [0.5, 0.6) is 0 Å². The molecule has 4 aliphatic rings. The molecule has 2 aliphatic carbocycles. The van der Waals surface area contributed by atoms with Crippen molar-refractivity contribution >= 4 is 45.6 Å². The van der Waals surface area contributed by atoms with Crippen molar-refractivity contribution in [1.82, 2.24) is 0 Å². The Balaban J connectivity index is 1.66. The van der Waals surface area contributed by atoms with E-state index in [1.54, 1.807) is 42.5 Å². The third kappa shape index (κ3) is 2.41. The van der Waals surface area contributed by atoms with E-state index in [0.717, 1.165) is 0 Å². The van der Waals surface area contributed by atoms with Gasteiger partial charge in [0.25, 0.3) is 0 Å². The fourth-order valence-corrected chi connectivity index (χ4v) is 7.97. The second-order valence-corrected chi connectivity index (χ2v) is 10.7. The molecule has 0 radical (unpaired) electrons. The Morgan fingerprint density at radius 2 is 1.50 bits per heavy atom. The fraction of sp³-hybridized carbons (Fsp3) is 0.217. The summed E-state index contributed by atoms with van der Waals surface area (Å²) in [4.78, 5) is 1.15. The molecule has 0 N–H and O–H groups in total. The summed E-state index contributed by atoms with van der Waals surface area (Å²) in [6.07, 6.45) is 1.35. The van der Waals surface area contributed by atoms with Crippen LogP contribution in [0.2, 0.25) is 5.02 Å². The molecule has 2 aromatic rings. The zero-order valence-electron chi connectivity index (χ0n) is 15.8. The summed E-state index contributed by atoms with van der Waals surface area (Å²) >= 11 is 8.53. The third-order valence-corrected chi connectivity index (χ3v) is 9.34. The molecule has 164 valence electrons. The highest BCUT2D eigenvalue weighted by atomic mass is 35.5. The molecule has 2 unspecified atom stereocenters. The van der Waals surface area contributed by atoms with Crippen molar-refractivity contribution in [2.75, 3.05) is 0 Å². The molecule has 0 amide bonds. The number of hydrogen-bond donors (Lipinski definition) is 0. The van der Waals surface area contributed by atoms with Gasteiger partial charge in [-0.1, -0.05) is 41.9 Å². The molecule has 2 aromatic carbocycles. The average Bonchev–Trinajstić information content (AvgIpc) is 3.36. The molecule has 9 heteroatoms. The lowest BCUT2D eigenvalue weighted by Crippen LogP contribution is -2.47. The Bertz CT molecular complexity index is 1290. The summed E-state index contributed by atoms with van der Waals surface area (Å²) in [5, 5.41) is -0.969. The van der Waals surface area contributed by atoms with E-state index in [0.29, 0.717) is 26.0 Å². The molecular formula is C23H11ClF6S2. The predicted octanol–water partition coefficient (Wildman–Crippen LogP) is 7.95. The van der Waals surface area contributed by atoms with Gasteiger partial charge in [-0.05, 0) is 46.5 Å². The predicted molar refractivity (Wildman–Crippen MR) is 116 cm³/mol. The second kappa shape index (κ2) is 6.42. The van der Waals surface area contributed by atoms with E-state index in [2.05, 4.69) is 0 Å². The van der Waals surface area contributed by atoms with Crippen molar-refractivity contribution in [3.8, 4) is 0 Å². The van der Waals surface area contributed by atoms with Gasteiger partial charge in [0.2, 0.25) is 0 Å². The van der Waals surface area contributed by atoms with Crippen LogP contribution in [0.1, 0.15) is 11.1 Å². The monoisotopic (exact) mass is 500 g/mol. The Labute approximate surface area is 192 Å².